The standard InChI is InChI=1S/C17H19F2N3O2/c18-17(19)7-5-12(6-8-17)21-15(23)10-20-16(24)14-9-11-3-1-2-4-13(11)22-14/h1-4,9,12,22H,5-8,10H2,(H,20,24)(H,21,23). The van der Waals surface area contributed by atoms with Gasteiger partial charge in [-0.05, 0) is 25.0 Å². The molecule has 0 atom stereocenters. The van der Waals surface area contributed by atoms with E-state index in [-0.39, 0.29) is 50.1 Å². The summed E-state index contributed by atoms with van der Waals surface area (Å²) in [5.41, 5.74) is 1.22. The van der Waals surface area contributed by atoms with Crippen LogP contribution in [0.4, 0.5) is 8.78 Å². The van der Waals surface area contributed by atoms with E-state index in [4.69, 9.17) is 0 Å². The second-order valence-electron chi connectivity index (χ2n) is 6.15. The van der Waals surface area contributed by atoms with Gasteiger partial charge >= 0.3 is 0 Å². The van der Waals surface area contributed by atoms with Crippen molar-refractivity contribution in [2.24, 2.45) is 0 Å². The highest BCUT2D eigenvalue weighted by molar-refractivity contribution is 5.99. The normalized spacial score (nSPS) is 17.6. The predicted molar refractivity (Wildman–Crippen MR) is 86.0 cm³/mol. The lowest BCUT2D eigenvalue weighted by atomic mass is 9.92. The molecule has 2 aromatic rings. The maximum absolute atomic E-state index is 13.1. The van der Waals surface area contributed by atoms with E-state index < -0.39 is 5.92 Å². The fraction of sp³-hybridized carbons (Fsp3) is 0.412. The summed E-state index contributed by atoms with van der Waals surface area (Å²) in [7, 11) is 0. The minimum absolute atomic E-state index is 0.179. The molecular formula is C17H19F2N3O2. The molecule has 0 unspecified atom stereocenters. The average Bonchev–Trinajstić information content (AvgIpc) is 2.99. The Hall–Kier alpha value is -2.44. The molecule has 2 amide bonds. The first-order valence-corrected chi connectivity index (χ1v) is 7.96. The molecule has 0 aliphatic heterocycles. The highest BCUT2D eigenvalue weighted by atomic mass is 19.3. The molecule has 24 heavy (non-hydrogen) atoms. The van der Waals surface area contributed by atoms with Crippen molar-refractivity contribution in [3.63, 3.8) is 0 Å². The van der Waals surface area contributed by atoms with Crippen LogP contribution in [0.15, 0.2) is 30.3 Å². The van der Waals surface area contributed by atoms with Gasteiger partial charge in [0.25, 0.3) is 5.91 Å². The third kappa shape index (κ3) is 3.90. The Bertz CT molecular complexity index is 714. The number of fused-ring (bicyclic) bond motifs is 1. The molecule has 1 aliphatic carbocycles. The molecule has 0 radical (unpaired) electrons. The van der Waals surface area contributed by atoms with Crippen LogP contribution in [-0.2, 0) is 4.79 Å². The molecule has 3 N–H and O–H groups in total. The predicted octanol–water partition coefficient (Wildman–Crippen LogP) is 2.59. The van der Waals surface area contributed by atoms with E-state index in [2.05, 4.69) is 15.6 Å². The summed E-state index contributed by atoms with van der Waals surface area (Å²) in [4.78, 5) is 26.9. The van der Waals surface area contributed by atoms with Gasteiger partial charge in [-0.1, -0.05) is 18.2 Å². The second kappa shape index (κ2) is 6.59. The lowest BCUT2D eigenvalue weighted by Gasteiger charge is -2.28. The zero-order valence-electron chi connectivity index (χ0n) is 13.1. The molecule has 1 saturated carbocycles. The van der Waals surface area contributed by atoms with E-state index >= 15 is 0 Å². The van der Waals surface area contributed by atoms with E-state index in [0.29, 0.717) is 5.69 Å². The van der Waals surface area contributed by atoms with Crippen LogP contribution in [0.1, 0.15) is 36.2 Å². The van der Waals surface area contributed by atoms with Crippen molar-refractivity contribution in [2.75, 3.05) is 6.54 Å². The fourth-order valence-corrected chi connectivity index (χ4v) is 2.91. The molecule has 128 valence electrons. The molecule has 5 nitrogen and oxygen atoms in total. The van der Waals surface area contributed by atoms with Gasteiger partial charge in [0, 0.05) is 29.8 Å². The van der Waals surface area contributed by atoms with Gasteiger partial charge in [-0.3, -0.25) is 9.59 Å². The van der Waals surface area contributed by atoms with E-state index in [1.165, 1.54) is 0 Å². The van der Waals surface area contributed by atoms with Crippen molar-refractivity contribution in [2.45, 2.75) is 37.6 Å². The van der Waals surface area contributed by atoms with Crippen LogP contribution in [0.2, 0.25) is 0 Å². The highest BCUT2D eigenvalue weighted by Crippen LogP contribution is 2.32. The number of hydrogen-bond donors (Lipinski definition) is 3. The first kappa shape index (κ1) is 16.4. The number of hydrogen-bond acceptors (Lipinski definition) is 2. The van der Waals surface area contributed by atoms with E-state index in [0.717, 1.165) is 10.9 Å². The summed E-state index contributed by atoms with van der Waals surface area (Å²) in [6.07, 6.45) is 0.0994. The third-order valence-electron chi connectivity index (χ3n) is 4.27. The number of carbonyl (C=O) groups excluding carboxylic acids is 2. The number of aromatic amines is 1. The zero-order valence-corrected chi connectivity index (χ0v) is 13.1. The smallest absolute Gasteiger partial charge is 0.268 e. The number of alkyl halides is 2. The van der Waals surface area contributed by atoms with Crippen molar-refractivity contribution in [1.82, 2.24) is 15.6 Å². The number of benzene rings is 1. The van der Waals surface area contributed by atoms with E-state index in [1.54, 1.807) is 6.07 Å². The third-order valence-corrected chi connectivity index (χ3v) is 4.27. The first-order valence-electron chi connectivity index (χ1n) is 7.96. The number of carbonyl (C=O) groups is 2. The van der Waals surface area contributed by atoms with Crippen LogP contribution in [0, 0.1) is 0 Å². The maximum Gasteiger partial charge on any atom is 0.268 e. The Balaban J connectivity index is 1.48. The van der Waals surface area contributed by atoms with Gasteiger partial charge in [-0.25, -0.2) is 8.78 Å². The summed E-state index contributed by atoms with van der Waals surface area (Å²) in [6, 6.07) is 8.94. The summed E-state index contributed by atoms with van der Waals surface area (Å²) in [6.45, 7) is -0.179. The van der Waals surface area contributed by atoms with Crippen molar-refractivity contribution < 1.29 is 18.4 Å². The maximum atomic E-state index is 13.1. The van der Waals surface area contributed by atoms with Gasteiger partial charge in [0.15, 0.2) is 0 Å². The topological polar surface area (TPSA) is 74.0 Å². The van der Waals surface area contributed by atoms with E-state index in [9.17, 15) is 18.4 Å². The van der Waals surface area contributed by atoms with Gasteiger partial charge < -0.3 is 15.6 Å². The minimum atomic E-state index is -2.62. The Labute approximate surface area is 137 Å². The van der Waals surface area contributed by atoms with Crippen LogP contribution in [0.5, 0.6) is 0 Å². The second-order valence-corrected chi connectivity index (χ2v) is 6.15. The SMILES string of the molecule is O=C(CNC(=O)c1cc2ccccc2[nH]1)NC1CCC(F)(F)CC1. The molecular weight excluding hydrogens is 316 g/mol. The number of amides is 2. The number of rotatable bonds is 4. The molecule has 0 spiro atoms. The Kier molecular flexibility index (Phi) is 4.51. The Morgan fingerprint density at radius 2 is 1.92 bits per heavy atom. The molecule has 3 rings (SSSR count). The molecule has 1 aromatic heterocycles. The summed E-state index contributed by atoms with van der Waals surface area (Å²) < 4.78 is 26.1. The largest absolute Gasteiger partial charge is 0.352 e. The summed E-state index contributed by atoms with van der Waals surface area (Å²) in [5, 5.41) is 6.14. The quantitative estimate of drug-likeness (QED) is 0.803. The average molecular weight is 335 g/mol. The number of aromatic nitrogens is 1. The molecule has 1 fully saturated rings. The van der Waals surface area contributed by atoms with Crippen molar-refractivity contribution in [3.8, 4) is 0 Å². The van der Waals surface area contributed by atoms with Crippen LogP contribution in [-0.4, -0.2) is 35.3 Å². The van der Waals surface area contributed by atoms with Crippen molar-refractivity contribution >= 4 is 22.7 Å². The van der Waals surface area contributed by atoms with Gasteiger partial charge in [-0.2, -0.15) is 0 Å². The lowest BCUT2D eigenvalue weighted by Crippen LogP contribution is -2.44. The van der Waals surface area contributed by atoms with Crippen molar-refractivity contribution in [1.29, 1.82) is 0 Å². The number of halogens is 2. The van der Waals surface area contributed by atoms with Crippen LogP contribution in [0.3, 0.4) is 0 Å². The summed E-state index contributed by atoms with van der Waals surface area (Å²) in [5.74, 6) is -3.36. The van der Waals surface area contributed by atoms with Gasteiger partial charge in [0.05, 0.1) is 6.54 Å². The van der Waals surface area contributed by atoms with Gasteiger partial charge in [-0.15, -0.1) is 0 Å². The van der Waals surface area contributed by atoms with Crippen LogP contribution < -0.4 is 10.6 Å². The molecule has 7 heteroatoms. The van der Waals surface area contributed by atoms with Gasteiger partial charge in [0.1, 0.15) is 5.69 Å². The van der Waals surface area contributed by atoms with Crippen molar-refractivity contribution in [3.05, 3.63) is 36.0 Å². The lowest BCUT2D eigenvalue weighted by molar-refractivity contribution is -0.122. The molecule has 0 bridgehead atoms. The Morgan fingerprint density at radius 3 is 2.62 bits per heavy atom. The number of nitrogens with one attached hydrogen (secondary N) is 3. The van der Waals surface area contributed by atoms with E-state index in [1.807, 2.05) is 24.3 Å². The minimum Gasteiger partial charge on any atom is -0.352 e. The molecule has 1 aliphatic rings. The fourth-order valence-electron chi connectivity index (χ4n) is 2.91. The zero-order chi connectivity index (χ0) is 17.2. The molecule has 1 heterocycles. The Morgan fingerprint density at radius 1 is 1.21 bits per heavy atom. The monoisotopic (exact) mass is 335 g/mol. The van der Waals surface area contributed by atoms with Crippen LogP contribution >= 0.6 is 0 Å². The molecule has 1 aromatic carbocycles. The highest BCUT2D eigenvalue weighted by Gasteiger charge is 2.35. The molecule has 0 saturated heterocycles. The number of H-pyrrole nitrogens is 1. The summed E-state index contributed by atoms with van der Waals surface area (Å²) >= 11 is 0. The first-order chi connectivity index (χ1) is 11.4. The van der Waals surface area contributed by atoms with Gasteiger partial charge in [0.2, 0.25) is 11.8 Å². The number of para-hydroxylation sites is 1. The van der Waals surface area contributed by atoms with Crippen LogP contribution in [0.25, 0.3) is 10.9 Å².